The highest BCUT2D eigenvalue weighted by molar-refractivity contribution is 5.93. The molecule has 0 spiro atoms. The van der Waals surface area contributed by atoms with Crippen LogP contribution in [0.4, 0.5) is 0 Å². The minimum atomic E-state index is -0.905. The molecule has 7 nitrogen and oxygen atoms in total. The molecule has 1 aromatic rings. The van der Waals surface area contributed by atoms with Crippen molar-refractivity contribution in [1.29, 1.82) is 0 Å². The van der Waals surface area contributed by atoms with Gasteiger partial charge in [0.25, 0.3) is 5.91 Å². The molecule has 2 rings (SSSR count). The van der Waals surface area contributed by atoms with Crippen molar-refractivity contribution < 1.29 is 19.4 Å². The summed E-state index contributed by atoms with van der Waals surface area (Å²) in [5.41, 5.74) is 1.16. The van der Waals surface area contributed by atoms with Gasteiger partial charge >= 0.3 is 5.97 Å². The monoisotopic (exact) mass is 365 g/mol. The Bertz CT molecular complexity index is 640. The molecule has 0 aromatic carbocycles. The van der Waals surface area contributed by atoms with E-state index in [1.165, 1.54) is 0 Å². The lowest BCUT2D eigenvalue weighted by molar-refractivity contribution is -0.137. The number of amides is 1. The molecule has 7 heteroatoms. The van der Waals surface area contributed by atoms with Crippen molar-refractivity contribution in [2.24, 2.45) is 0 Å². The fourth-order valence-corrected chi connectivity index (χ4v) is 3.26. The summed E-state index contributed by atoms with van der Waals surface area (Å²) in [6.45, 7) is 11.7. The van der Waals surface area contributed by atoms with E-state index in [2.05, 4.69) is 39.7 Å². The first-order valence-electron chi connectivity index (χ1n) is 9.32. The van der Waals surface area contributed by atoms with Gasteiger partial charge in [-0.1, -0.05) is 13.8 Å². The van der Waals surface area contributed by atoms with Crippen LogP contribution in [0.2, 0.25) is 0 Å². The Morgan fingerprint density at radius 1 is 1.35 bits per heavy atom. The van der Waals surface area contributed by atoms with Crippen LogP contribution in [0.15, 0.2) is 6.07 Å². The number of aromatic nitrogens is 2. The second kappa shape index (κ2) is 8.20. The summed E-state index contributed by atoms with van der Waals surface area (Å²) in [5.74, 6) is -0.861. The molecular weight excluding hydrogens is 334 g/mol. The fourth-order valence-electron chi connectivity index (χ4n) is 3.26. The average Bonchev–Trinajstić information content (AvgIpc) is 3.01. The van der Waals surface area contributed by atoms with Gasteiger partial charge in [-0.3, -0.25) is 14.3 Å². The molecular formula is C19H31N3O4. The number of hydrogen-bond acceptors (Lipinski definition) is 4. The number of hydrogen-bond donors (Lipinski definition) is 1. The van der Waals surface area contributed by atoms with Gasteiger partial charge in [0.1, 0.15) is 0 Å². The second-order valence-electron chi connectivity index (χ2n) is 8.18. The smallest absolute Gasteiger partial charge is 0.305 e. The first-order chi connectivity index (χ1) is 12.1. The molecule has 1 aliphatic heterocycles. The van der Waals surface area contributed by atoms with Crippen LogP contribution in [0.1, 0.15) is 76.0 Å². The third-order valence-electron chi connectivity index (χ3n) is 4.64. The van der Waals surface area contributed by atoms with E-state index in [1.807, 2.05) is 10.7 Å². The molecule has 1 aliphatic rings. The average molecular weight is 365 g/mol. The lowest BCUT2D eigenvalue weighted by Gasteiger charge is -2.33. The van der Waals surface area contributed by atoms with Crippen molar-refractivity contribution in [2.45, 2.75) is 71.4 Å². The zero-order valence-electron chi connectivity index (χ0n) is 16.5. The van der Waals surface area contributed by atoms with Crippen molar-refractivity contribution >= 4 is 11.9 Å². The van der Waals surface area contributed by atoms with E-state index >= 15 is 0 Å². The molecule has 0 radical (unpaired) electrons. The van der Waals surface area contributed by atoms with Gasteiger partial charge in [0, 0.05) is 31.5 Å². The van der Waals surface area contributed by atoms with Crippen LogP contribution in [0.5, 0.6) is 0 Å². The van der Waals surface area contributed by atoms with E-state index in [4.69, 9.17) is 9.84 Å². The predicted octanol–water partition coefficient (Wildman–Crippen LogP) is 2.86. The van der Waals surface area contributed by atoms with Crippen molar-refractivity contribution in [3.8, 4) is 0 Å². The molecule has 1 amide bonds. The normalized spacial score (nSPS) is 16.1. The molecule has 1 fully saturated rings. The van der Waals surface area contributed by atoms with E-state index in [1.54, 1.807) is 4.90 Å². The van der Waals surface area contributed by atoms with Gasteiger partial charge in [0.05, 0.1) is 12.0 Å². The standard InChI is InChI=1S/C19H31N3O4/c1-13(2)16-12-15(20-22(16)19(3,4)5)18(25)21(9-6-17(23)24)14-7-10-26-11-8-14/h12-14H,6-11H2,1-5H3,(H,23,24). The van der Waals surface area contributed by atoms with E-state index in [0.717, 1.165) is 18.5 Å². The lowest BCUT2D eigenvalue weighted by Crippen LogP contribution is -2.44. The Hall–Kier alpha value is -1.89. The first kappa shape index (κ1) is 20.4. The van der Waals surface area contributed by atoms with Crippen molar-refractivity contribution in [2.75, 3.05) is 19.8 Å². The molecule has 26 heavy (non-hydrogen) atoms. The summed E-state index contributed by atoms with van der Waals surface area (Å²) in [4.78, 5) is 25.9. The Morgan fingerprint density at radius 3 is 2.42 bits per heavy atom. The molecule has 146 valence electrons. The van der Waals surface area contributed by atoms with E-state index in [0.29, 0.717) is 18.9 Å². The van der Waals surface area contributed by atoms with Crippen LogP contribution in [0.3, 0.4) is 0 Å². The largest absolute Gasteiger partial charge is 0.481 e. The number of ether oxygens (including phenoxy) is 1. The summed E-state index contributed by atoms with van der Waals surface area (Å²) in [5, 5.41) is 13.7. The molecule has 0 unspecified atom stereocenters. The van der Waals surface area contributed by atoms with Crippen LogP contribution in [-0.4, -0.2) is 57.5 Å². The molecule has 0 aliphatic carbocycles. The van der Waals surface area contributed by atoms with Crippen LogP contribution in [0.25, 0.3) is 0 Å². The van der Waals surface area contributed by atoms with Gasteiger partial charge in [0.2, 0.25) is 0 Å². The molecule has 1 N–H and O–H groups in total. The maximum absolute atomic E-state index is 13.2. The Balaban J connectivity index is 2.33. The molecule has 2 heterocycles. The van der Waals surface area contributed by atoms with Gasteiger partial charge in [-0.15, -0.1) is 0 Å². The van der Waals surface area contributed by atoms with Gasteiger partial charge in [-0.05, 0) is 45.6 Å². The van der Waals surface area contributed by atoms with Crippen LogP contribution < -0.4 is 0 Å². The SMILES string of the molecule is CC(C)c1cc(C(=O)N(CCC(=O)O)C2CCOCC2)nn1C(C)(C)C. The van der Waals surface area contributed by atoms with Crippen molar-refractivity contribution in [3.63, 3.8) is 0 Å². The summed E-state index contributed by atoms with van der Waals surface area (Å²) in [6, 6.07) is 1.85. The van der Waals surface area contributed by atoms with E-state index < -0.39 is 5.97 Å². The minimum Gasteiger partial charge on any atom is -0.481 e. The maximum Gasteiger partial charge on any atom is 0.305 e. The topological polar surface area (TPSA) is 84.7 Å². The Labute approximate surface area is 155 Å². The zero-order valence-corrected chi connectivity index (χ0v) is 16.5. The highest BCUT2D eigenvalue weighted by atomic mass is 16.5. The van der Waals surface area contributed by atoms with Gasteiger partial charge in [-0.2, -0.15) is 5.10 Å². The quantitative estimate of drug-likeness (QED) is 0.838. The van der Waals surface area contributed by atoms with Crippen LogP contribution >= 0.6 is 0 Å². The number of aliphatic carboxylic acids is 1. The lowest BCUT2D eigenvalue weighted by atomic mass is 10.0. The summed E-state index contributed by atoms with van der Waals surface area (Å²) < 4.78 is 7.29. The third kappa shape index (κ3) is 4.84. The van der Waals surface area contributed by atoms with Crippen molar-refractivity contribution in [3.05, 3.63) is 17.5 Å². The second-order valence-corrected chi connectivity index (χ2v) is 8.18. The highest BCUT2D eigenvalue weighted by Crippen LogP contribution is 2.25. The number of rotatable bonds is 6. The summed E-state index contributed by atoms with van der Waals surface area (Å²) in [7, 11) is 0. The molecule has 0 saturated carbocycles. The van der Waals surface area contributed by atoms with Crippen LogP contribution in [0, 0.1) is 0 Å². The Kier molecular flexibility index (Phi) is 6.44. The summed E-state index contributed by atoms with van der Waals surface area (Å²) >= 11 is 0. The number of carboxylic acid groups (broad SMARTS) is 1. The molecule has 0 atom stereocenters. The van der Waals surface area contributed by atoms with E-state index in [-0.39, 0.29) is 36.4 Å². The zero-order chi connectivity index (χ0) is 19.5. The number of nitrogens with zero attached hydrogens (tertiary/aromatic N) is 3. The van der Waals surface area contributed by atoms with Gasteiger partial charge < -0.3 is 14.7 Å². The molecule has 1 aromatic heterocycles. The summed E-state index contributed by atoms with van der Waals surface area (Å²) in [6.07, 6.45) is 1.38. The third-order valence-corrected chi connectivity index (χ3v) is 4.64. The van der Waals surface area contributed by atoms with E-state index in [9.17, 15) is 9.59 Å². The molecule has 1 saturated heterocycles. The van der Waals surface area contributed by atoms with Gasteiger partial charge in [-0.25, -0.2) is 0 Å². The highest BCUT2D eigenvalue weighted by Gasteiger charge is 2.30. The number of carboxylic acids is 1. The fraction of sp³-hybridized carbons (Fsp3) is 0.737. The maximum atomic E-state index is 13.2. The first-order valence-corrected chi connectivity index (χ1v) is 9.32. The molecule has 0 bridgehead atoms. The van der Waals surface area contributed by atoms with Crippen molar-refractivity contribution in [1.82, 2.24) is 14.7 Å². The number of carbonyl (C=O) groups is 2. The minimum absolute atomic E-state index is 0.00196. The van der Waals surface area contributed by atoms with Gasteiger partial charge in [0.15, 0.2) is 5.69 Å². The number of carbonyl (C=O) groups excluding carboxylic acids is 1. The predicted molar refractivity (Wildman–Crippen MR) is 98.4 cm³/mol. The van der Waals surface area contributed by atoms with Crippen LogP contribution in [-0.2, 0) is 15.1 Å². The Morgan fingerprint density at radius 2 is 1.96 bits per heavy atom.